The third kappa shape index (κ3) is 4.57. The van der Waals surface area contributed by atoms with Crippen LogP contribution in [0.15, 0.2) is 0 Å². The number of carbonyl (C=O) groups is 1. The highest BCUT2D eigenvalue weighted by molar-refractivity contribution is 9.09. The third-order valence-electron chi connectivity index (χ3n) is 2.88. The summed E-state index contributed by atoms with van der Waals surface area (Å²) in [7, 11) is 0. The summed E-state index contributed by atoms with van der Waals surface area (Å²) in [5, 5.41) is 0.635. The molecule has 2 nitrogen and oxygen atoms in total. The molecule has 0 aliphatic heterocycles. The van der Waals surface area contributed by atoms with Gasteiger partial charge in [-0.15, -0.1) is 0 Å². The van der Waals surface area contributed by atoms with Crippen LogP contribution >= 0.6 is 15.9 Å². The molecule has 0 atom stereocenters. The maximum Gasteiger partial charge on any atom is 0.304 e. The minimum Gasteiger partial charge on any atom is -0.446 e. The van der Waals surface area contributed by atoms with E-state index < -0.39 is 5.60 Å². The van der Waals surface area contributed by atoms with E-state index in [1.807, 2.05) is 0 Å². The van der Waals surface area contributed by atoms with Gasteiger partial charge < -0.3 is 4.74 Å². The van der Waals surface area contributed by atoms with Crippen LogP contribution in [-0.4, -0.2) is 16.9 Å². The minimum atomic E-state index is -0.514. The summed E-state index contributed by atoms with van der Waals surface area (Å²) in [4.78, 5) is 11.2. The molecule has 1 rings (SSSR count). The van der Waals surface area contributed by atoms with E-state index in [4.69, 9.17) is 4.74 Å². The first-order valence-corrected chi connectivity index (χ1v) is 7.06. The summed E-state index contributed by atoms with van der Waals surface area (Å²) in [6.45, 7) is 1.47. The summed E-state index contributed by atoms with van der Waals surface area (Å²) in [6.07, 6.45) is 7.70. The molecule has 0 aromatic rings. The maximum absolute atomic E-state index is 11.2. The fraction of sp³-hybridized carbons (Fsp3) is 0.769. The van der Waals surface area contributed by atoms with Crippen LogP contribution in [0.4, 0.5) is 0 Å². The Kier molecular flexibility index (Phi) is 5.90. The number of ether oxygens (including phenoxy) is 1. The zero-order valence-corrected chi connectivity index (χ0v) is 11.4. The quantitative estimate of drug-likeness (QED) is 0.419. The first kappa shape index (κ1) is 13.6. The van der Waals surface area contributed by atoms with E-state index >= 15 is 0 Å². The average molecular weight is 287 g/mol. The van der Waals surface area contributed by atoms with Crippen molar-refractivity contribution in [2.75, 3.05) is 5.33 Å². The smallest absolute Gasteiger partial charge is 0.304 e. The third-order valence-corrected chi connectivity index (χ3v) is 3.16. The number of esters is 1. The van der Waals surface area contributed by atoms with Crippen LogP contribution in [0.3, 0.4) is 0 Å². The highest BCUT2D eigenvalue weighted by atomic mass is 79.9. The van der Waals surface area contributed by atoms with Crippen molar-refractivity contribution in [3.63, 3.8) is 0 Å². The summed E-state index contributed by atoms with van der Waals surface area (Å²) in [6, 6.07) is 0. The summed E-state index contributed by atoms with van der Waals surface area (Å²) in [5.41, 5.74) is -0.514. The Hall–Kier alpha value is -0.490. The Balaban J connectivity index is 2.76. The predicted molar refractivity (Wildman–Crippen MR) is 68.4 cm³/mol. The van der Waals surface area contributed by atoms with Gasteiger partial charge in [0, 0.05) is 6.92 Å². The number of carbonyl (C=O) groups excluding carboxylic acids is 1. The van der Waals surface area contributed by atoms with Gasteiger partial charge in [-0.2, -0.15) is 0 Å². The maximum atomic E-state index is 11.2. The standard InChI is InChI=1S/C13H19BrO2/c1-12(15)16-13(10-7-11-14)8-5-3-2-4-6-9-13/h2-6,8-9,11H2,1H3. The highest BCUT2D eigenvalue weighted by Gasteiger charge is 2.31. The van der Waals surface area contributed by atoms with Gasteiger partial charge in [0.2, 0.25) is 0 Å². The van der Waals surface area contributed by atoms with Crippen LogP contribution in [0.1, 0.15) is 51.9 Å². The van der Waals surface area contributed by atoms with E-state index in [0.29, 0.717) is 5.33 Å². The lowest BCUT2D eigenvalue weighted by Crippen LogP contribution is -2.33. The molecule has 0 spiro atoms. The van der Waals surface area contributed by atoms with Crippen molar-refractivity contribution in [2.24, 2.45) is 0 Å². The molecule has 0 aromatic heterocycles. The molecule has 0 bridgehead atoms. The van der Waals surface area contributed by atoms with Gasteiger partial charge in [0.15, 0.2) is 5.60 Å². The van der Waals surface area contributed by atoms with Gasteiger partial charge in [-0.3, -0.25) is 4.79 Å². The van der Waals surface area contributed by atoms with Gasteiger partial charge in [0.25, 0.3) is 0 Å². The Bertz CT molecular complexity index is 280. The van der Waals surface area contributed by atoms with Crippen molar-refractivity contribution >= 4 is 21.9 Å². The molecule has 1 aliphatic rings. The number of hydrogen-bond acceptors (Lipinski definition) is 2. The van der Waals surface area contributed by atoms with Gasteiger partial charge in [0.05, 0.1) is 5.33 Å². The predicted octanol–water partition coefficient (Wildman–Crippen LogP) is 3.43. The number of halogens is 1. The van der Waals surface area contributed by atoms with Crippen LogP contribution < -0.4 is 0 Å². The molecule has 90 valence electrons. The molecule has 0 aromatic carbocycles. The van der Waals surface area contributed by atoms with Gasteiger partial charge in [-0.25, -0.2) is 0 Å². The van der Waals surface area contributed by atoms with E-state index in [1.165, 1.54) is 26.2 Å². The van der Waals surface area contributed by atoms with Crippen LogP contribution in [0, 0.1) is 11.8 Å². The molecule has 0 radical (unpaired) electrons. The van der Waals surface area contributed by atoms with E-state index in [-0.39, 0.29) is 5.97 Å². The Morgan fingerprint density at radius 2 is 1.81 bits per heavy atom. The lowest BCUT2D eigenvalue weighted by Gasteiger charge is -2.29. The summed E-state index contributed by atoms with van der Waals surface area (Å²) >= 11 is 3.29. The van der Waals surface area contributed by atoms with Gasteiger partial charge in [-0.05, 0) is 25.7 Å². The van der Waals surface area contributed by atoms with Crippen LogP contribution in [0.2, 0.25) is 0 Å². The lowest BCUT2D eigenvalue weighted by atomic mass is 9.87. The largest absolute Gasteiger partial charge is 0.446 e. The van der Waals surface area contributed by atoms with Gasteiger partial charge in [-0.1, -0.05) is 47.0 Å². The second-order valence-corrected chi connectivity index (χ2v) is 4.85. The van der Waals surface area contributed by atoms with E-state index in [0.717, 1.165) is 25.7 Å². The summed E-state index contributed by atoms with van der Waals surface area (Å²) < 4.78 is 5.48. The zero-order valence-electron chi connectivity index (χ0n) is 9.85. The fourth-order valence-corrected chi connectivity index (χ4v) is 2.34. The zero-order chi connectivity index (χ0) is 11.9. The van der Waals surface area contributed by atoms with E-state index in [1.54, 1.807) is 0 Å². The molecule has 1 aliphatic carbocycles. The second-order valence-electron chi connectivity index (χ2n) is 4.29. The van der Waals surface area contributed by atoms with Gasteiger partial charge >= 0.3 is 5.97 Å². The summed E-state index contributed by atoms with van der Waals surface area (Å²) in [5.74, 6) is 5.93. The van der Waals surface area contributed by atoms with Crippen molar-refractivity contribution < 1.29 is 9.53 Å². The molecule has 1 saturated carbocycles. The molecule has 0 unspecified atom stereocenters. The molecule has 16 heavy (non-hydrogen) atoms. The molecule has 0 amide bonds. The molecular weight excluding hydrogens is 268 g/mol. The van der Waals surface area contributed by atoms with Crippen molar-refractivity contribution in [1.82, 2.24) is 0 Å². The molecule has 0 saturated heterocycles. The second kappa shape index (κ2) is 6.96. The molecule has 0 heterocycles. The Morgan fingerprint density at radius 3 is 2.31 bits per heavy atom. The normalized spacial score (nSPS) is 19.9. The Labute approximate surface area is 106 Å². The van der Waals surface area contributed by atoms with Crippen LogP contribution in [0.25, 0.3) is 0 Å². The minimum absolute atomic E-state index is 0.218. The first-order valence-electron chi connectivity index (χ1n) is 5.94. The van der Waals surface area contributed by atoms with E-state index in [2.05, 4.69) is 27.8 Å². The average Bonchev–Trinajstić information content (AvgIpc) is 2.20. The molecule has 0 N–H and O–H groups in total. The lowest BCUT2D eigenvalue weighted by molar-refractivity contribution is -0.153. The van der Waals surface area contributed by atoms with Crippen LogP contribution in [0.5, 0.6) is 0 Å². The SMILES string of the molecule is CC(=O)OC1(C#CCBr)CCCCCCC1. The fourth-order valence-electron chi connectivity index (χ4n) is 2.20. The van der Waals surface area contributed by atoms with Crippen molar-refractivity contribution in [3.8, 4) is 11.8 Å². The highest BCUT2D eigenvalue weighted by Crippen LogP contribution is 2.29. The number of alkyl halides is 1. The number of rotatable bonds is 1. The monoisotopic (exact) mass is 286 g/mol. The molecule has 1 fully saturated rings. The molecular formula is C13H19BrO2. The first-order chi connectivity index (χ1) is 7.68. The number of hydrogen-bond donors (Lipinski definition) is 0. The molecule has 3 heteroatoms. The van der Waals surface area contributed by atoms with Crippen molar-refractivity contribution in [2.45, 2.75) is 57.5 Å². The van der Waals surface area contributed by atoms with Crippen LogP contribution in [-0.2, 0) is 9.53 Å². The Morgan fingerprint density at radius 1 is 1.25 bits per heavy atom. The van der Waals surface area contributed by atoms with Crippen molar-refractivity contribution in [3.05, 3.63) is 0 Å². The van der Waals surface area contributed by atoms with Crippen molar-refractivity contribution in [1.29, 1.82) is 0 Å². The van der Waals surface area contributed by atoms with Gasteiger partial charge in [0.1, 0.15) is 0 Å². The van der Waals surface area contributed by atoms with E-state index in [9.17, 15) is 4.79 Å². The topological polar surface area (TPSA) is 26.3 Å².